The zero-order valence-corrected chi connectivity index (χ0v) is 9.02. The van der Waals surface area contributed by atoms with Gasteiger partial charge >= 0.3 is 6.18 Å². The second-order valence-electron chi connectivity index (χ2n) is 3.74. The molecule has 0 aliphatic heterocycles. The number of nitrogens with one attached hydrogen (secondary N) is 1. The van der Waals surface area contributed by atoms with Crippen LogP contribution in [0.4, 0.5) is 13.2 Å². The molecule has 3 nitrogen and oxygen atoms in total. The van der Waals surface area contributed by atoms with Crippen LogP contribution in [0.5, 0.6) is 0 Å². The first kappa shape index (κ1) is 14.7. The molecule has 0 amide bonds. The van der Waals surface area contributed by atoms with E-state index in [1.807, 2.05) is 0 Å². The number of hydrogen-bond acceptors (Lipinski definition) is 3. The Kier molecular flexibility index (Phi) is 6.16. The average molecular weight is 229 g/mol. The second kappa shape index (κ2) is 6.30. The molecule has 0 heterocycles. The van der Waals surface area contributed by atoms with E-state index < -0.39 is 18.1 Å². The molecule has 1 atom stereocenters. The van der Waals surface area contributed by atoms with E-state index in [0.29, 0.717) is 0 Å². The van der Waals surface area contributed by atoms with Crippen molar-refractivity contribution in [3.8, 4) is 0 Å². The molecule has 0 aliphatic carbocycles. The van der Waals surface area contributed by atoms with Crippen LogP contribution in [0.1, 0.15) is 19.8 Å². The van der Waals surface area contributed by atoms with Crippen molar-refractivity contribution in [2.75, 3.05) is 26.9 Å². The highest BCUT2D eigenvalue weighted by Crippen LogP contribution is 2.21. The molecule has 0 saturated carbocycles. The standard InChI is InChI=1S/C9H18F3NO2/c1-8(6-14,13-2)7-15-5-3-4-9(10,11)12/h13-14H,3-7H2,1-2H3. The predicted molar refractivity (Wildman–Crippen MR) is 50.7 cm³/mol. The fraction of sp³-hybridized carbons (Fsp3) is 1.00. The molecule has 0 aromatic carbocycles. The van der Waals surface area contributed by atoms with Crippen LogP contribution in [-0.2, 0) is 4.74 Å². The Morgan fingerprint density at radius 3 is 2.33 bits per heavy atom. The van der Waals surface area contributed by atoms with Gasteiger partial charge in [-0.1, -0.05) is 0 Å². The highest BCUT2D eigenvalue weighted by atomic mass is 19.4. The molecule has 0 aromatic heterocycles. The van der Waals surface area contributed by atoms with Gasteiger partial charge in [-0.05, 0) is 20.4 Å². The Labute approximate surface area is 87.6 Å². The minimum atomic E-state index is -4.12. The third kappa shape index (κ3) is 7.58. The first-order chi connectivity index (χ1) is 6.83. The van der Waals surface area contributed by atoms with Crippen LogP contribution in [0.15, 0.2) is 0 Å². The summed E-state index contributed by atoms with van der Waals surface area (Å²) in [6, 6.07) is 0. The molecule has 0 saturated heterocycles. The van der Waals surface area contributed by atoms with Crippen LogP contribution >= 0.6 is 0 Å². The van der Waals surface area contributed by atoms with Gasteiger partial charge in [0.1, 0.15) is 0 Å². The topological polar surface area (TPSA) is 41.5 Å². The smallest absolute Gasteiger partial charge is 0.389 e. The third-order valence-electron chi connectivity index (χ3n) is 2.12. The molecule has 0 radical (unpaired) electrons. The number of hydrogen-bond donors (Lipinski definition) is 2. The van der Waals surface area contributed by atoms with Crippen molar-refractivity contribution in [1.82, 2.24) is 5.32 Å². The fourth-order valence-electron chi connectivity index (χ4n) is 0.869. The number of aliphatic hydroxyl groups is 1. The Bertz CT molecular complexity index is 169. The number of rotatable bonds is 7. The summed E-state index contributed by atoms with van der Waals surface area (Å²) in [6.07, 6.45) is -5.00. The number of halogens is 3. The molecule has 2 N–H and O–H groups in total. The van der Waals surface area contributed by atoms with E-state index >= 15 is 0 Å². The van der Waals surface area contributed by atoms with E-state index in [2.05, 4.69) is 5.32 Å². The molecule has 0 aromatic rings. The van der Waals surface area contributed by atoms with Gasteiger partial charge in [-0.2, -0.15) is 13.2 Å². The van der Waals surface area contributed by atoms with E-state index in [1.54, 1.807) is 14.0 Å². The van der Waals surface area contributed by atoms with E-state index in [9.17, 15) is 13.2 Å². The van der Waals surface area contributed by atoms with Gasteiger partial charge in [-0.25, -0.2) is 0 Å². The summed E-state index contributed by atoms with van der Waals surface area (Å²) in [4.78, 5) is 0. The molecule has 1 unspecified atom stereocenters. The lowest BCUT2D eigenvalue weighted by Crippen LogP contribution is -2.47. The molecule has 0 fully saturated rings. The molecular formula is C9H18F3NO2. The largest absolute Gasteiger partial charge is 0.394 e. The summed E-state index contributed by atoms with van der Waals surface area (Å²) in [5.74, 6) is 0. The number of aliphatic hydroxyl groups excluding tert-OH is 1. The minimum absolute atomic E-state index is 0.0469. The van der Waals surface area contributed by atoms with Crippen molar-refractivity contribution in [3.63, 3.8) is 0 Å². The summed E-state index contributed by atoms with van der Waals surface area (Å²) in [6.45, 7) is 1.86. The van der Waals surface area contributed by atoms with Crippen LogP contribution in [0.25, 0.3) is 0 Å². The highest BCUT2D eigenvalue weighted by Gasteiger charge is 2.26. The number of ether oxygens (including phenoxy) is 1. The van der Waals surface area contributed by atoms with Crippen LogP contribution in [-0.4, -0.2) is 43.7 Å². The molecule has 6 heteroatoms. The van der Waals surface area contributed by atoms with Crippen molar-refractivity contribution in [2.24, 2.45) is 0 Å². The third-order valence-corrected chi connectivity index (χ3v) is 2.12. The molecule has 0 rings (SSSR count). The maximum atomic E-state index is 11.7. The SMILES string of the molecule is CNC(C)(CO)COCCCC(F)(F)F. The highest BCUT2D eigenvalue weighted by molar-refractivity contribution is 4.79. The Hall–Kier alpha value is -0.330. The summed E-state index contributed by atoms with van der Waals surface area (Å²) in [5.41, 5.74) is -0.585. The van der Waals surface area contributed by atoms with Gasteiger partial charge in [0, 0.05) is 13.0 Å². The van der Waals surface area contributed by atoms with Crippen molar-refractivity contribution in [1.29, 1.82) is 0 Å². The maximum absolute atomic E-state index is 11.7. The lowest BCUT2D eigenvalue weighted by molar-refractivity contribution is -0.138. The molecule has 0 spiro atoms. The summed E-state index contributed by atoms with van der Waals surface area (Å²) >= 11 is 0. The minimum Gasteiger partial charge on any atom is -0.394 e. The average Bonchev–Trinajstić information content (AvgIpc) is 2.15. The van der Waals surface area contributed by atoms with Crippen LogP contribution in [0.2, 0.25) is 0 Å². The van der Waals surface area contributed by atoms with Crippen molar-refractivity contribution < 1.29 is 23.0 Å². The van der Waals surface area contributed by atoms with Crippen LogP contribution < -0.4 is 5.32 Å². The second-order valence-corrected chi connectivity index (χ2v) is 3.74. The Morgan fingerprint density at radius 1 is 1.33 bits per heavy atom. The van der Waals surface area contributed by atoms with Crippen molar-refractivity contribution in [3.05, 3.63) is 0 Å². The van der Waals surface area contributed by atoms with Gasteiger partial charge in [-0.15, -0.1) is 0 Å². The first-order valence-corrected chi connectivity index (χ1v) is 4.77. The molecule has 0 aliphatic rings. The zero-order chi connectivity index (χ0) is 11.9. The van der Waals surface area contributed by atoms with Gasteiger partial charge in [0.15, 0.2) is 0 Å². The van der Waals surface area contributed by atoms with Gasteiger partial charge in [0.05, 0.1) is 18.8 Å². The van der Waals surface area contributed by atoms with E-state index in [0.717, 1.165) is 0 Å². The first-order valence-electron chi connectivity index (χ1n) is 4.77. The zero-order valence-electron chi connectivity index (χ0n) is 9.02. The monoisotopic (exact) mass is 229 g/mol. The fourth-order valence-corrected chi connectivity index (χ4v) is 0.869. The van der Waals surface area contributed by atoms with Gasteiger partial charge in [0.2, 0.25) is 0 Å². The lowest BCUT2D eigenvalue weighted by Gasteiger charge is -2.26. The summed E-state index contributed by atoms with van der Waals surface area (Å²) in [7, 11) is 1.66. The normalized spacial score (nSPS) is 16.4. The van der Waals surface area contributed by atoms with E-state index in [4.69, 9.17) is 9.84 Å². The Balaban J connectivity index is 3.54. The van der Waals surface area contributed by atoms with E-state index in [1.165, 1.54) is 0 Å². The number of likely N-dealkylation sites (N-methyl/N-ethyl adjacent to an activating group) is 1. The summed E-state index contributed by atoms with van der Waals surface area (Å²) < 4.78 is 40.3. The van der Waals surface area contributed by atoms with Crippen LogP contribution in [0, 0.1) is 0 Å². The van der Waals surface area contributed by atoms with Gasteiger partial charge in [-0.3, -0.25) is 0 Å². The molecule has 15 heavy (non-hydrogen) atoms. The predicted octanol–water partition coefficient (Wildman–Crippen LogP) is 1.32. The number of alkyl halides is 3. The molecule has 0 bridgehead atoms. The van der Waals surface area contributed by atoms with Crippen molar-refractivity contribution in [2.45, 2.75) is 31.5 Å². The van der Waals surface area contributed by atoms with Crippen LogP contribution in [0.3, 0.4) is 0 Å². The quantitative estimate of drug-likeness (QED) is 0.647. The Morgan fingerprint density at radius 2 is 1.93 bits per heavy atom. The van der Waals surface area contributed by atoms with Crippen molar-refractivity contribution >= 4 is 0 Å². The maximum Gasteiger partial charge on any atom is 0.389 e. The van der Waals surface area contributed by atoms with E-state index in [-0.39, 0.29) is 26.2 Å². The van der Waals surface area contributed by atoms with Gasteiger partial charge < -0.3 is 15.2 Å². The molecule has 92 valence electrons. The van der Waals surface area contributed by atoms with Gasteiger partial charge in [0.25, 0.3) is 0 Å². The summed E-state index contributed by atoms with van der Waals surface area (Å²) in [5, 5.41) is 11.8. The lowest BCUT2D eigenvalue weighted by atomic mass is 10.1. The molecular weight excluding hydrogens is 211 g/mol.